The van der Waals surface area contributed by atoms with Crippen molar-refractivity contribution in [3.8, 4) is 0 Å². The molecule has 0 fully saturated rings. The first-order valence-corrected chi connectivity index (χ1v) is 5.84. The molecule has 6 heteroatoms. The van der Waals surface area contributed by atoms with E-state index in [2.05, 4.69) is 10.5 Å². The van der Waals surface area contributed by atoms with Crippen LogP contribution in [-0.2, 0) is 4.74 Å². The number of nitrogens with one attached hydrogen (secondary N) is 1. The number of halogens is 1. The number of hydrogen-bond donors (Lipinski definition) is 1. The van der Waals surface area contributed by atoms with Crippen LogP contribution in [0.15, 0.2) is 17.2 Å². The lowest BCUT2D eigenvalue weighted by molar-refractivity contribution is 0.0529. The molecule has 0 saturated carbocycles. The van der Waals surface area contributed by atoms with Gasteiger partial charge in [0.2, 0.25) is 0 Å². The van der Waals surface area contributed by atoms with Crippen molar-refractivity contribution in [2.75, 3.05) is 0 Å². The third-order valence-corrected chi connectivity index (χ3v) is 2.51. The van der Waals surface area contributed by atoms with Crippen molar-refractivity contribution in [2.45, 2.75) is 26.4 Å². The van der Waals surface area contributed by atoms with E-state index < -0.39 is 11.7 Å². The molecule has 1 aromatic heterocycles. The third-order valence-electron chi connectivity index (χ3n) is 1.34. The molecular weight excluding hydrogens is 248 g/mol. The number of thiophene rings is 1. The monoisotopic (exact) mass is 260 g/mol. The van der Waals surface area contributed by atoms with Gasteiger partial charge in [-0.05, 0) is 32.9 Å². The number of amides is 1. The molecule has 1 N–H and O–H groups in total. The van der Waals surface area contributed by atoms with E-state index >= 15 is 0 Å². The van der Waals surface area contributed by atoms with Gasteiger partial charge in [-0.25, -0.2) is 10.2 Å². The Morgan fingerprint density at radius 1 is 1.56 bits per heavy atom. The van der Waals surface area contributed by atoms with Crippen molar-refractivity contribution in [1.82, 2.24) is 5.43 Å². The highest BCUT2D eigenvalue weighted by Crippen LogP contribution is 2.19. The van der Waals surface area contributed by atoms with Gasteiger partial charge in [-0.1, -0.05) is 11.6 Å². The summed E-state index contributed by atoms with van der Waals surface area (Å²) in [5.74, 6) is 0. The molecule has 1 heterocycles. The van der Waals surface area contributed by atoms with E-state index in [1.807, 2.05) is 6.07 Å². The lowest BCUT2D eigenvalue weighted by Crippen LogP contribution is -2.29. The zero-order valence-electron chi connectivity index (χ0n) is 9.28. The van der Waals surface area contributed by atoms with Gasteiger partial charge < -0.3 is 4.74 Å². The number of carbonyl (C=O) groups excluding carboxylic acids is 1. The minimum absolute atomic E-state index is 0.522. The maximum absolute atomic E-state index is 11.2. The second kappa shape index (κ2) is 5.32. The van der Waals surface area contributed by atoms with Gasteiger partial charge in [0.15, 0.2) is 0 Å². The fraction of sp³-hybridized carbons (Fsp3) is 0.400. The molecule has 0 aromatic carbocycles. The average Bonchev–Trinajstić information content (AvgIpc) is 2.48. The number of rotatable bonds is 2. The van der Waals surface area contributed by atoms with Crippen molar-refractivity contribution in [3.05, 3.63) is 21.3 Å². The predicted molar refractivity (Wildman–Crippen MR) is 66.3 cm³/mol. The van der Waals surface area contributed by atoms with E-state index in [1.54, 1.807) is 26.8 Å². The van der Waals surface area contributed by atoms with Crippen LogP contribution in [0.5, 0.6) is 0 Å². The van der Waals surface area contributed by atoms with Crippen LogP contribution in [0.4, 0.5) is 4.79 Å². The SMILES string of the molecule is CC(C)(C)OC(=O)N/N=C/c1ccc(Cl)s1. The molecule has 0 saturated heterocycles. The van der Waals surface area contributed by atoms with E-state index in [1.165, 1.54) is 17.6 Å². The summed E-state index contributed by atoms with van der Waals surface area (Å²) >= 11 is 7.11. The molecule has 0 unspecified atom stereocenters. The zero-order valence-corrected chi connectivity index (χ0v) is 10.9. The highest BCUT2D eigenvalue weighted by molar-refractivity contribution is 7.17. The summed E-state index contributed by atoms with van der Waals surface area (Å²) in [7, 11) is 0. The Hall–Kier alpha value is -1.07. The fourth-order valence-electron chi connectivity index (χ4n) is 0.847. The molecule has 0 aliphatic carbocycles. The maximum Gasteiger partial charge on any atom is 0.428 e. The van der Waals surface area contributed by atoms with Gasteiger partial charge in [-0.2, -0.15) is 5.10 Å². The predicted octanol–water partition coefficient (Wildman–Crippen LogP) is 3.26. The lowest BCUT2D eigenvalue weighted by Gasteiger charge is -2.18. The summed E-state index contributed by atoms with van der Waals surface area (Å²) in [5, 5.41) is 3.74. The van der Waals surface area contributed by atoms with Gasteiger partial charge in [-0.3, -0.25) is 0 Å². The van der Waals surface area contributed by atoms with E-state index in [9.17, 15) is 4.79 Å². The average molecular weight is 261 g/mol. The minimum Gasteiger partial charge on any atom is -0.443 e. The van der Waals surface area contributed by atoms with Gasteiger partial charge in [0.25, 0.3) is 0 Å². The van der Waals surface area contributed by atoms with Crippen LogP contribution in [-0.4, -0.2) is 17.9 Å². The topological polar surface area (TPSA) is 50.7 Å². The van der Waals surface area contributed by atoms with Gasteiger partial charge >= 0.3 is 6.09 Å². The summed E-state index contributed by atoms with van der Waals surface area (Å²) in [4.78, 5) is 12.0. The van der Waals surface area contributed by atoms with Crippen LogP contribution < -0.4 is 5.43 Å². The molecule has 88 valence electrons. The highest BCUT2D eigenvalue weighted by atomic mass is 35.5. The van der Waals surface area contributed by atoms with Gasteiger partial charge in [0, 0.05) is 4.88 Å². The summed E-state index contributed by atoms with van der Waals surface area (Å²) in [5.41, 5.74) is 1.75. The fourth-order valence-corrected chi connectivity index (χ4v) is 1.78. The summed E-state index contributed by atoms with van der Waals surface area (Å²) in [6.45, 7) is 5.36. The zero-order chi connectivity index (χ0) is 12.2. The minimum atomic E-state index is -0.577. The van der Waals surface area contributed by atoms with Gasteiger partial charge in [-0.15, -0.1) is 11.3 Å². The molecule has 4 nitrogen and oxygen atoms in total. The van der Waals surface area contributed by atoms with Crippen molar-refractivity contribution < 1.29 is 9.53 Å². The van der Waals surface area contributed by atoms with E-state index in [0.29, 0.717) is 4.34 Å². The lowest BCUT2D eigenvalue weighted by atomic mass is 10.2. The molecule has 0 radical (unpaired) electrons. The summed E-state index contributed by atoms with van der Waals surface area (Å²) < 4.78 is 5.67. The van der Waals surface area contributed by atoms with Crippen LogP contribution in [0, 0.1) is 0 Å². The molecule has 0 aliphatic rings. The van der Waals surface area contributed by atoms with E-state index in [0.717, 1.165) is 4.88 Å². The Morgan fingerprint density at radius 3 is 2.75 bits per heavy atom. The number of carbonyl (C=O) groups is 1. The molecule has 0 aliphatic heterocycles. The van der Waals surface area contributed by atoms with E-state index in [4.69, 9.17) is 16.3 Å². The molecule has 0 spiro atoms. The Kier molecular flexibility index (Phi) is 4.32. The maximum atomic E-state index is 11.2. The Balaban J connectivity index is 2.40. The molecule has 0 atom stereocenters. The van der Waals surface area contributed by atoms with Crippen LogP contribution in [0.3, 0.4) is 0 Å². The first kappa shape index (κ1) is 13.0. The first-order chi connectivity index (χ1) is 7.37. The molecular formula is C10H13ClN2O2S. The smallest absolute Gasteiger partial charge is 0.428 e. The number of hydrazone groups is 1. The highest BCUT2D eigenvalue weighted by Gasteiger charge is 2.15. The number of hydrogen-bond acceptors (Lipinski definition) is 4. The first-order valence-electron chi connectivity index (χ1n) is 4.64. The molecule has 0 bridgehead atoms. The Bertz CT molecular complexity index is 396. The molecule has 1 aromatic rings. The normalized spacial score (nSPS) is 11.8. The van der Waals surface area contributed by atoms with Crippen molar-refractivity contribution in [1.29, 1.82) is 0 Å². The van der Waals surface area contributed by atoms with Crippen LogP contribution in [0.1, 0.15) is 25.6 Å². The van der Waals surface area contributed by atoms with E-state index in [-0.39, 0.29) is 0 Å². The van der Waals surface area contributed by atoms with Crippen molar-refractivity contribution in [3.63, 3.8) is 0 Å². The van der Waals surface area contributed by atoms with Crippen molar-refractivity contribution in [2.24, 2.45) is 5.10 Å². The number of nitrogens with zero attached hydrogens (tertiary/aromatic N) is 1. The van der Waals surface area contributed by atoms with Crippen LogP contribution in [0.25, 0.3) is 0 Å². The number of ether oxygens (including phenoxy) is 1. The van der Waals surface area contributed by atoms with Gasteiger partial charge in [0.05, 0.1) is 10.6 Å². The van der Waals surface area contributed by atoms with Crippen LogP contribution >= 0.6 is 22.9 Å². The van der Waals surface area contributed by atoms with Crippen LogP contribution in [0.2, 0.25) is 4.34 Å². The second-order valence-corrected chi connectivity index (χ2v) is 5.76. The standard InChI is InChI=1S/C10H13ClN2O2S/c1-10(2,3)15-9(14)13-12-6-7-4-5-8(11)16-7/h4-6H,1-3H3,(H,13,14)/b12-6+. The molecule has 16 heavy (non-hydrogen) atoms. The Morgan fingerprint density at radius 2 is 2.25 bits per heavy atom. The quantitative estimate of drug-likeness (QED) is 0.655. The molecule has 1 rings (SSSR count). The molecule has 1 amide bonds. The third kappa shape index (κ3) is 5.14. The second-order valence-electron chi connectivity index (χ2n) is 4.01. The van der Waals surface area contributed by atoms with Gasteiger partial charge in [0.1, 0.15) is 5.60 Å². The van der Waals surface area contributed by atoms with Crippen molar-refractivity contribution >= 4 is 35.2 Å². The summed E-state index contributed by atoms with van der Waals surface area (Å²) in [6.07, 6.45) is 0.937. The summed E-state index contributed by atoms with van der Waals surface area (Å²) in [6, 6.07) is 3.58. The Labute approximate surface area is 103 Å². The largest absolute Gasteiger partial charge is 0.443 e.